The fourth-order valence-corrected chi connectivity index (χ4v) is 2.43. The van der Waals surface area contributed by atoms with Gasteiger partial charge in [-0.15, -0.1) is 11.3 Å². The Morgan fingerprint density at radius 1 is 1.53 bits per heavy atom. The number of amides is 1. The third-order valence-corrected chi connectivity index (χ3v) is 3.41. The molecular weight excluding hydrogens is 253 g/mol. The normalized spacial score (nSPS) is 21.6. The Labute approximate surface area is 100 Å². The van der Waals surface area contributed by atoms with E-state index in [1.54, 1.807) is 5.38 Å². The van der Waals surface area contributed by atoms with E-state index in [2.05, 4.69) is 4.98 Å². The van der Waals surface area contributed by atoms with Crippen molar-refractivity contribution >= 4 is 17.2 Å². The standard InChI is InChI=1S/C10H11F3N2OS/c11-10(12,13)7-2-1-3-15(4-7)9(16)8-5-17-6-14-8/h5-7H,1-4H2. The first-order chi connectivity index (χ1) is 7.98. The predicted molar refractivity (Wildman–Crippen MR) is 56.8 cm³/mol. The van der Waals surface area contributed by atoms with Crippen LogP contribution in [0.2, 0.25) is 0 Å². The molecule has 0 bridgehead atoms. The SMILES string of the molecule is O=C(c1cscn1)N1CCCC(C(F)(F)F)C1. The van der Waals surface area contributed by atoms with Crippen LogP contribution in [-0.4, -0.2) is 35.1 Å². The van der Waals surface area contributed by atoms with Gasteiger partial charge in [0, 0.05) is 18.5 Å². The van der Waals surface area contributed by atoms with Gasteiger partial charge in [0.15, 0.2) is 0 Å². The first-order valence-corrected chi connectivity index (χ1v) is 6.17. The van der Waals surface area contributed by atoms with Crippen molar-refractivity contribution in [1.29, 1.82) is 0 Å². The summed E-state index contributed by atoms with van der Waals surface area (Å²) >= 11 is 1.26. The Bertz CT molecular complexity index is 391. The highest BCUT2D eigenvalue weighted by atomic mass is 32.1. The van der Waals surface area contributed by atoms with Crippen LogP contribution in [0.4, 0.5) is 13.2 Å². The zero-order valence-electron chi connectivity index (χ0n) is 8.91. The quantitative estimate of drug-likeness (QED) is 0.781. The fraction of sp³-hybridized carbons (Fsp3) is 0.600. The molecule has 0 radical (unpaired) electrons. The van der Waals surface area contributed by atoms with Crippen molar-refractivity contribution in [2.45, 2.75) is 19.0 Å². The first-order valence-electron chi connectivity index (χ1n) is 5.22. The molecule has 1 aliphatic rings. The van der Waals surface area contributed by atoms with Gasteiger partial charge in [0.25, 0.3) is 5.91 Å². The Kier molecular flexibility index (Phi) is 3.37. The van der Waals surface area contributed by atoms with E-state index in [1.165, 1.54) is 21.7 Å². The van der Waals surface area contributed by atoms with Gasteiger partial charge in [-0.3, -0.25) is 4.79 Å². The number of nitrogens with zero attached hydrogens (tertiary/aromatic N) is 2. The van der Waals surface area contributed by atoms with E-state index in [9.17, 15) is 18.0 Å². The number of thiazole rings is 1. The van der Waals surface area contributed by atoms with Crippen LogP contribution < -0.4 is 0 Å². The summed E-state index contributed by atoms with van der Waals surface area (Å²) in [6, 6.07) is 0. The summed E-state index contributed by atoms with van der Waals surface area (Å²) in [6.07, 6.45) is -3.73. The molecule has 94 valence electrons. The molecule has 1 aliphatic heterocycles. The number of hydrogen-bond acceptors (Lipinski definition) is 3. The maximum Gasteiger partial charge on any atom is 0.393 e. The average molecular weight is 264 g/mol. The summed E-state index contributed by atoms with van der Waals surface area (Å²) in [4.78, 5) is 16.9. The number of hydrogen-bond donors (Lipinski definition) is 0. The van der Waals surface area contributed by atoms with Crippen LogP contribution in [0.25, 0.3) is 0 Å². The lowest BCUT2D eigenvalue weighted by Gasteiger charge is -2.33. The van der Waals surface area contributed by atoms with Crippen molar-refractivity contribution in [1.82, 2.24) is 9.88 Å². The topological polar surface area (TPSA) is 33.2 Å². The molecule has 1 fully saturated rings. The number of aromatic nitrogens is 1. The summed E-state index contributed by atoms with van der Waals surface area (Å²) in [7, 11) is 0. The summed E-state index contributed by atoms with van der Waals surface area (Å²) in [6.45, 7) is 0.128. The monoisotopic (exact) mass is 264 g/mol. The van der Waals surface area contributed by atoms with Gasteiger partial charge < -0.3 is 4.90 Å². The highest BCUT2D eigenvalue weighted by Gasteiger charge is 2.42. The van der Waals surface area contributed by atoms with E-state index in [0.29, 0.717) is 13.0 Å². The number of rotatable bonds is 1. The third-order valence-electron chi connectivity index (χ3n) is 2.82. The largest absolute Gasteiger partial charge is 0.393 e. The lowest BCUT2D eigenvalue weighted by Crippen LogP contribution is -2.44. The maximum atomic E-state index is 12.6. The number of alkyl halides is 3. The van der Waals surface area contributed by atoms with E-state index in [1.807, 2.05) is 0 Å². The van der Waals surface area contributed by atoms with E-state index in [0.717, 1.165) is 0 Å². The zero-order valence-corrected chi connectivity index (χ0v) is 9.72. The molecule has 0 aromatic carbocycles. The molecule has 3 nitrogen and oxygen atoms in total. The van der Waals surface area contributed by atoms with Gasteiger partial charge in [-0.1, -0.05) is 0 Å². The van der Waals surface area contributed by atoms with E-state index >= 15 is 0 Å². The van der Waals surface area contributed by atoms with Crippen LogP contribution in [0, 0.1) is 5.92 Å². The Morgan fingerprint density at radius 3 is 2.88 bits per heavy atom. The Balaban J connectivity index is 2.05. The molecule has 1 atom stereocenters. The number of carbonyl (C=O) groups excluding carboxylic acids is 1. The molecule has 0 spiro atoms. The van der Waals surface area contributed by atoms with Crippen LogP contribution in [0.5, 0.6) is 0 Å². The number of halogens is 3. The predicted octanol–water partition coefficient (Wildman–Crippen LogP) is 2.56. The lowest BCUT2D eigenvalue weighted by atomic mass is 9.97. The smallest absolute Gasteiger partial charge is 0.337 e. The molecule has 2 heterocycles. The molecule has 17 heavy (non-hydrogen) atoms. The van der Waals surface area contributed by atoms with E-state index in [4.69, 9.17) is 0 Å². The second kappa shape index (κ2) is 4.64. The van der Waals surface area contributed by atoms with Gasteiger partial charge in [-0.2, -0.15) is 13.2 Å². The van der Waals surface area contributed by atoms with Gasteiger partial charge in [0.1, 0.15) is 5.69 Å². The third kappa shape index (κ3) is 2.77. The zero-order chi connectivity index (χ0) is 12.5. The Hall–Kier alpha value is -1.11. The fourth-order valence-electron chi connectivity index (χ4n) is 1.91. The number of piperidine rings is 1. The van der Waals surface area contributed by atoms with Gasteiger partial charge in [-0.05, 0) is 12.8 Å². The maximum absolute atomic E-state index is 12.6. The minimum atomic E-state index is -4.22. The van der Waals surface area contributed by atoms with Crippen molar-refractivity contribution in [2.75, 3.05) is 13.1 Å². The molecule has 1 aromatic heterocycles. The molecule has 7 heteroatoms. The molecule has 0 saturated carbocycles. The summed E-state index contributed by atoms with van der Waals surface area (Å²) in [5.74, 6) is -1.81. The van der Waals surface area contributed by atoms with E-state index < -0.39 is 18.0 Å². The van der Waals surface area contributed by atoms with E-state index in [-0.39, 0.29) is 18.7 Å². The second-order valence-corrected chi connectivity index (χ2v) is 4.72. The van der Waals surface area contributed by atoms with Gasteiger partial charge >= 0.3 is 6.18 Å². The summed E-state index contributed by atoms with van der Waals surface area (Å²) in [5.41, 5.74) is 1.73. The van der Waals surface area contributed by atoms with Crippen LogP contribution >= 0.6 is 11.3 Å². The van der Waals surface area contributed by atoms with Crippen LogP contribution in [0.15, 0.2) is 10.9 Å². The molecular formula is C10H11F3N2OS. The first kappa shape index (κ1) is 12.3. The Morgan fingerprint density at radius 2 is 2.29 bits per heavy atom. The molecule has 1 unspecified atom stereocenters. The number of carbonyl (C=O) groups is 1. The molecule has 2 rings (SSSR count). The van der Waals surface area contributed by atoms with Gasteiger partial charge in [-0.25, -0.2) is 4.98 Å². The average Bonchev–Trinajstić information content (AvgIpc) is 2.80. The highest BCUT2D eigenvalue weighted by Crippen LogP contribution is 2.33. The van der Waals surface area contributed by atoms with Crippen molar-refractivity contribution in [3.8, 4) is 0 Å². The summed E-state index contributed by atoms with van der Waals surface area (Å²) < 4.78 is 37.7. The second-order valence-electron chi connectivity index (χ2n) is 4.01. The molecule has 0 N–H and O–H groups in total. The highest BCUT2D eigenvalue weighted by molar-refractivity contribution is 7.07. The van der Waals surface area contributed by atoms with Gasteiger partial charge in [0.05, 0.1) is 11.4 Å². The molecule has 1 amide bonds. The molecule has 0 aliphatic carbocycles. The molecule has 1 saturated heterocycles. The number of likely N-dealkylation sites (tertiary alicyclic amines) is 1. The molecule has 1 aromatic rings. The van der Waals surface area contributed by atoms with Crippen LogP contribution in [0.3, 0.4) is 0 Å². The summed E-state index contributed by atoms with van der Waals surface area (Å²) in [5, 5.41) is 1.56. The minimum absolute atomic E-state index is 0.102. The van der Waals surface area contributed by atoms with Crippen molar-refractivity contribution in [3.05, 3.63) is 16.6 Å². The van der Waals surface area contributed by atoms with Crippen LogP contribution in [-0.2, 0) is 0 Å². The minimum Gasteiger partial charge on any atom is -0.337 e. The van der Waals surface area contributed by atoms with Crippen molar-refractivity contribution < 1.29 is 18.0 Å². The lowest BCUT2D eigenvalue weighted by molar-refractivity contribution is -0.184. The van der Waals surface area contributed by atoms with Crippen molar-refractivity contribution in [2.24, 2.45) is 5.92 Å². The van der Waals surface area contributed by atoms with Gasteiger partial charge in [0.2, 0.25) is 0 Å². The van der Waals surface area contributed by atoms with Crippen molar-refractivity contribution in [3.63, 3.8) is 0 Å². The van der Waals surface area contributed by atoms with Crippen LogP contribution in [0.1, 0.15) is 23.3 Å².